The average Bonchev–Trinajstić information content (AvgIpc) is 2.05. The van der Waals surface area contributed by atoms with Crippen molar-refractivity contribution in [3.63, 3.8) is 0 Å². The van der Waals surface area contributed by atoms with Crippen molar-refractivity contribution in [2.24, 2.45) is 5.41 Å². The molecule has 0 aromatic carbocycles. The molecule has 2 aliphatic rings. The first-order valence-electron chi connectivity index (χ1n) is 4.27. The fourth-order valence-corrected chi connectivity index (χ4v) is 2.11. The van der Waals surface area contributed by atoms with Crippen LogP contribution in [0.25, 0.3) is 0 Å². The van der Waals surface area contributed by atoms with E-state index in [1.165, 1.54) is 0 Å². The van der Waals surface area contributed by atoms with E-state index >= 15 is 0 Å². The van der Waals surface area contributed by atoms with E-state index < -0.39 is 0 Å². The van der Waals surface area contributed by atoms with Crippen LogP contribution in [0.2, 0.25) is 0 Å². The third-order valence-corrected chi connectivity index (χ3v) is 3.07. The number of rotatable bonds is 1. The Morgan fingerprint density at radius 2 is 2.09 bits per heavy atom. The third kappa shape index (κ3) is 0.993. The SMILES string of the molecule is O=CC1NCC12CCNCC2. The fourth-order valence-electron chi connectivity index (χ4n) is 2.11. The Balaban J connectivity index is 2.02. The van der Waals surface area contributed by atoms with Crippen molar-refractivity contribution in [2.75, 3.05) is 19.6 Å². The summed E-state index contributed by atoms with van der Waals surface area (Å²) in [5.41, 5.74) is 0.326. The highest BCUT2D eigenvalue weighted by molar-refractivity contribution is 5.61. The van der Waals surface area contributed by atoms with Gasteiger partial charge < -0.3 is 15.4 Å². The average molecular weight is 154 g/mol. The quantitative estimate of drug-likeness (QED) is 0.502. The largest absolute Gasteiger partial charge is 0.317 e. The van der Waals surface area contributed by atoms with Gasteiger partial charge in [-0.25, -0.2) is 0 Å². The van der Waals surface area contributed by atoms with Crippen LogP contribution >= 0.6 is 0 Å². The van der Waals surface area contributed by atoms with Crippen LogP contribution < -0.4 is 10.6 Å². The summed E-state index contributed by atoms with van der Waals surface area (Å²) in [5.74, 6) is 0. The van der Waals surface area contributed by atoms with Gasteiger partial charge >= 0.3 is 0 Å². The van der Waals surface area contributed by atoms with Gasteiger partial charge in [-0.2, -0.15) is 0 Å². The zero-order chi connectivity index (χ0) is 7.73. The Kier molecular flexibility index (Phi) is 1.69. The van der Waals surface area contributed by atoms with E-state index in [0.29, 0.717) is 5.41 Å². The highest BCUT2D eigenvalue weighted by atomic mass is 16.1. The molecule has 3 nitrogen and oxygen atoms in total. The number of aldehydes is 1. The molecule has 1 spiro atoms. The molecule has 0 aromatic rings. The monoisotopic (exact) mass is 154 g/mol. The Morgan fingerprint density at radius 1 is 1.36 bits per heavy atom. The van der Waals surface area contributed by atoms with Crippen molar-refractivity contribution in [3.8, 4) is 0 Å². The molecule has 2 fully saturated rings. The minimum atomic E-state index is 0.143. The Bertz CT molecular complexity index is 163. The van der Waals surface area contributed by atoms with Crippen molar-refractivity contribution in [3.05, 3.63) is 0 Å². The topological polar surface area (TPSA) is 41.1 Å². The van der Waals surface area contributed by atoms with Gasteiger partial charge in [0.25, 0.3) is 0 Å². The smallest absolute Gasteiger partial charge is 0.137 e. The van der Waals surface area contributed by atoms with E-state index in [9.17, 15) is 4.79 Å². The maximum Gasteiger partial charge on any atom is 0.137 e. The molecule has 3 heteroatoms. The van der Waals surface area contributed by atoms with E-state index in [0.717, 1.165) is 38.8 Å². The van der Waals surface area contributed by atoms with Crippen LogP contribution in [0, 0.1) is 5.41 Å². The fraction of sp³-hybridized carbons (Fsp3) is 0.875. The molecule has 2 saturated heterocycles. The summed E-state index contributed by atoms with van der Waals surface area (Å²) < 4.78 is 0. The zero-order valence-corrected chi connectivity index (χ0v) is 6.60. The number of carbonyl (C=O) groups is 1. The van der Waals surface area contributed by atoms with E-state index in [2.05, 4.69) is 10.6 Å². The van der Waals surface area contributed by atoms with Gasteiger partial charge in [0.1, 0.15) is 6.29 Å². The summed E-state index contributed by atoms with van der Waals surface area (Å²) >= 11 is 0. The molecule has 0 saturated carbocycles. The first-order valence-corrected chi connectivity index (χ1v) is 4.27. The highest BCUT2D eigenvalue weighted by Crippen LogP contribution is 2.37. The molecule has 2 rings (SSSR count). The minimum Gasteiger partial charge on any atom is -0.317 e. The van der Waals surface area contributed by atoms with Crippen LogP contribution in [0.15, 0.2) is 0 Å². The summed E-state index contributed by atoms with van der Waals surface area (Å²) in [6.07, 6.45) is 3.38. The van der Waals surface area contributed by atoms with Gasteiger partial charge in [0.2, 0.25) is 0 Å². The molecule has 0 bridgehead atoms. The first-order chi connectivity index (χ1) is 5.37. The second kappa shape index (κ2) is 2.57. The molecular weight excluding hydrogens is 140 g/mol. The summed E-state index contributed by atoms with van der Waals surface area (Å²) in [6, 6.07) is 0.143. The molecule has 0 aliphatic carbocycles. The summed E-state index contributed by atoms with van der Waals surface area (Å²) in [6.45, 7) is 3.19. The number of piperidine rings is 1. The molecule has 0 aromatic heterocycles. The lowest BCUT2D eigenvalue weighted by Gasteiger charge is -2.50. The number of carbonyl (C=O) groups excluding carboxylic acids is 1. The predicted octanol–water partition coefficient (Wildman–Crippen LogP) is -0.473. The molecule has 0 radical (unpaired) electrons. The summed E-state index contributed by atoms with van der Waals surface area (Å²) in [5, 5.41) is 6.47. The Morgan fingerprint density at radius 3 is 2.55 bits per heavy atom. The van der Waals surface area contributed by atoms with Crippen LogP contribution in [0.4, 0.5) is 0 Å². The molecule has 0 amide bonds. The number of hydrogen-bond donors (Lipinski definition) is 2. The maximum absolute atomic E-state index is 10.6. The van der Waals surface area contributed by atoms with Gasteiger partial charge in [0.05, 0.1) is 6.04 Å². The normalized spacial score (nSPS) is 34.7. The van der Waals surface area contributed by atoms with Crippen molar-refractivity contribution >= 4 is 6.29 Å². The van der Waals surface area contributed by atoms with Gasteiger partial charge in [-0.05, 0) is 25.9 Å². The summed E-state index contributed by atoms with van der Waals surface area (Å²) in [4.78, 5) is 10.6. The van der Waals surface area contributed by atoms with Gasteiger partial charge in [0.15, 0.2) is 0 Å². The van der Waals surface area contributed by atoms with Gasteiger partial charge in [-0.3, -0.25) is 0 Å². The Hall–Kier alpha value is -0.410. The van der Waals surface area contributed by atoms with Crippen molar-refractivity contribution in [1.82, 2.24) is 10.6 Å². The molecule has 2 aliphatic heterocycles. The standard InChI is InChI=1S/C8H14N2O/c11-5-7-8(6-10-7)1-3-9-4-2-8/h5,7,9-10H,1-4,6H2. The lowest BCUT2D eigenvalue weighted by atomic mass is 9.68. The lowest BCUT2D eigenvalue weighted by molar-refractivity contribution is -0.117. The van der Waals surface area contributed by atoms with Gasteiger partial charge in [0, 0.05) is 12.0 Å². The van der Waals surface area contributed by atoms with E-state index in [1.807, 2.05) is 0 Å². The molecular formula is C8H14N2O. The molecule has 62 valence electrons. The second-order valence-electron chi connectivity index (χ2n) is 3.61. The summed E-state index contributed by atoms with van der Waals surface area (Å²) in [7, 11) is 0. The van der Waals surface area contributed by atoms with Gasteiger partial charge in [-0.15, -0.1) is 0 Å². The lowest BCUT2D eigenvalue weighted by Crippen LogP contribution is -2.66. The van der Waals surface area contributed by atoms with Crippen molar-refractivity contribution < 1.29 is 4.79 Å². The minimum absolute atomic E-state index is 0.143. The highest BCUT2D eigenvalue weighted by Gasteiger charge is 2.46. The van der Waals surface area contributed by atoms with E-state index in [1.54, 1.807) is 0 Å². The zero-order valence-electron chi connectivity index (χ0n) is 6.60. The first kappa shape index (κ1) is 7.25. The van der Waals surface area contributed by atoms with Crippen molar-refractivity contribution in [2.45, 2.75) is 18.9 Å². The van der Waals surface area contributed by atoms with Crippen molar-refractivity contribution in [1.29, 1.82) is 0 Å². The van der Waals surface area contributed by atoms with Crippen LogP contribution in [0.1, 0.15) is 12.8 Å². The number of hydrogen-bond acceptors (Lipinski definition) is 3. The molecule has 2 heterocycles. The van der Waals surface area contributed by atoms with Crippen LogP contribution in [-0.2, 0) is 4.79 Å². The number of nitrogens with one attached hydrogen (secondary N) is 2. The Labute approximate surface area is 66.5 Å². The van der Waals surface area contributed by atoms with Crippen LogP contribution in [0.5, 0.6) is 0 Å². The van der Waals surface area contributed by atoms with E-state index in [4.69, 9.17) is 0 Å². The molecule has 1 unspecified atom stereocenters. The van der Waals surface area contributed by atoms with E-state index in [-0.39, 0.29) is 6.04 Å². The predicted molar refractivity (Wildman–Crippen MR) is 42.4 cm³/mol. The molecule has 2 N–H and O–H groups in total. The van der Waals surface area contributed by atoms with Crippen LogP contribution in [0.3, 0.4) is 0 Å². The van der Waals surface area contributed by atoms with Gasteiger partial charge in [-0.1, -0.05) is 0 Å². The van der Waals surface area contributed by atoms with Crippen LogP contribution in [-0.4, -0.2) is 32.0 Å². The third-order valence-electron chi connectivity index (χ3n) is 3.07. The maximum atomic E-state index is 10.6. The second-order valence-corrected chi connectivity index (χ2v) is 3.61. The molecule has 1 atom stereocenters. The molecule has 11 heavy (non-hydrogen) atoms.